The first kappa shape index (κ1) is 23.6. The Hall–Kier alpha value is -3.15. The van der Waals surface area contributed by atoms with E-state index in [0.717, 1.165) is 42.9 Å². The van der Waals surface area contributed by atoms with Crippen molar-refractivity contribution in [1.82, 2.24) is 20.3 Å². The van der Waals surface area contributed by atoms with Gasteiger partial charge in [0.15, 0.2) is 0 Å². The Labute approximate surface area is 208 Å². The summed E-state index contributed by atoms with van der Waals surface area (Å²) in [6.45, 7) is 3.76. The molecule has 6 nitrogen and oxygen atoms in total. The maximum absolute atomic E-state index is 12.6. The highest BCUT2D eigenvalue weighted by atomic mass is 16.1. The average Bonchev–Trinajstić information content (AvgIpc) is 3.30. The van der Waals surface area contributed by atoms with Crippen LogP contribution >= 0.6 is 0 Å². The van der Waals surface area contributed by atoms with Gasteiger partial charge in [0, 0.05) is 49.4 Å². The smallest absolute Gasteiger partial charge is 0.220 e. The Kier molecular flexibility index (Phi) is 7.16. The van der Waals surface area contributed by atoms with Gasteiger partial charge in [0.25, 0.3) is 0 Å². The molecule has 1 unspecified atom stereocenters. The van der Waals surface area contributed by atoms with Crippen LogP contribution in [0.5, 0.6) is 0 Å². The molecule has 1 amide bonds. The highest BCUT2D eigenvalue weighted by Crippen LogP contribution is 2.40. The Morgan fingerprint density at radius 2 is 1.77 bits per heavy atom. The van der Waals surface area contributed by atoms with Crippen LogP contribution in [0.4, 0.5) is 5.69 Å². The second-order valence-corrected chi connectivity index (χ2v) is 10.3. The largest absolute Gasteiger partial charge is 0.370 e. The number of benzene rings is 2. The van der Waals surface area contributed by atoms with Gasteiger partial charge in [0.1, 0.15) is 5.69 Å². The van der Waals surface area contributed by atoms with Crippen molar-refractivity contribution >= 4 is 11.6 Å². The molecule has 35 heavy (non-hydrogen) atoms. The van der Waals surface area contributed by atoms with Gasteiger partial charge in [-0.3, -0.25) is 4.79 Å². The molecule has 2 aromatic carbocycles. The van der Waals surface area contributed by atoms with Crippen molar-refractivity contribution in [1.29, 1.82) is 0 Å². The monoisotopic (exact) mass is 471 g/mol. The molecule has 1 N–H and O–H groups in total. The molecule has 1 aromatic heterocycles. The number of aryl methyl sites for hydroxylation is 1. The summed E-state index contributed by atoms with van der Waals surface area (Å²) in [4.78, 5) is 14.8. The maximum Gasteiger partial charge on any atom is 0.220 e. The van der Waals surface area contributed by atoms with Gasteiger partial charge in [-0.25, -0.2) is 4.68 Å². The third-order valence-corrected chi connectivity index (χ3v) is 7.75. The molecule has 1 aliphatic carbocycles. The molecule has 1 aliphatic heterocycles. The number of carbonyl (C=O) groups excluding carboxylic acids is 1. The van der Waals surface area contributed by atoms with Gasteiger partial charge in [-0.05, 0) is 50.2 Å². The molecule has 1 fully saturated rings. The quantitative estimate of drug-likeness (QED) is 0.441. The number of hydrogen-bond acceptors (Lipinski definition) is 4. The van der Waals surface area contributed by atoms with Crippen molar-refractivity contribution in [2.24, 2.45) is 5.92 Å². The fourth-order valence-corrected chi connectivity index (χ4v) is 5.78. The number of para-hydroxylation sites is 1. The molecule has 1 saturated carbocycles. The summed E-state index contributed by atoms with van der Waals surface area (Å²) in [5.74, 6) is 0.823. The number of fused-ring (bicyclic) bond motifs is 5. The predicted octanol–water partition coefficient (Wildman–Crippen LogP) is 5.82. The Morgan fingerprint density at radius 3 is 2.60 bits per heavy atom. The number of nitrogens with zero attached hydrogens (tertiary/aromatic N) is 4. The third kappa shape index (κ3) is 5.12. The SMILES string of the molecule is CC(NC(=O)CCCCn1nnc2c1-c1ccccc1CN(C)c1ccccc1-2)C1CCCCC1. The molecule has 1 atom stereocenters. The van der Waals surface area contributed by atoms with Gasteiger partial charge in [0.2, 0.25) is 5.91 Å². The van der Waals surface area contributed by atoms with Gasteiger partial charge in [-0.15, -0.1) is 5.10 Å². The van der Waals surface area contributed by atoms with E-state index < -0.39 is 0 Å². The topological polar surface area (TPSA) is 63.1 Å². The number of rotatable bonds is 7. The van der Waals surface area contributed by atoms with Gasteiger partial charge in [-0.1, -0.05) is 66.9 Å². The second-order valence-electron chi connectivity index (χ2n) is 10.3. The fraction of sp³-hybridized carbons (Fsp3) is 0.483. The summed E-state index contributed by atoms with van der Waals surface area (Å²) in [6, 6.07) is 17.3. The van der Waals surface area contributed by atoms with Gasteiger partial charge < -0.3 is 10.2 Å². The van der Waals surface area contributed by atoms with E-state index in [1.54, 1.807) is 0 Å². The van der Waals surface area contributed by atoms with Crippen LogP contribution in [0, 0.1) is 5.92 Å². The minimum atomic E-state index is 0.180. The molecule has 0 spiro atoms. The van der Waals surface area contributed by atoms with E-state index in [1.807, 2.05) is 4.68 Å². The molecule has 0 radical (unpaired) electrons. The first-order valence-corrected chi connectivity index (χ1v) is 13.2. The van der Waals surface area contributed by atoms with Crippen molar-refractivity contribution in [3.05, 3.63) is 54.1 Å². The Bertz CT molecular complexity index is 1160. The third-order valence-electron chi connectivity index (χ3n) is 7.75. The number of hydrogen-bond donors (Lipinski definition) is 1. The molecule has 3 aromatic rings. The summed E-state index contributed by atoms with van der Waals surface area (Å²) >= 11 is 0. The highest BCUT2D eigenvalue weighted by Gasteiger charge is 2.25. The summed E-state index contributed by atoms with van der Waals surface area (Å²) < 4.78 is 2.04. The van der Waals surface area contributed by atoms with Crippen LogP contribution in [0.2, 0.25) is 0 Å². The van der Waals surface area contributed by atoms with Crippen LogP contribution in [0.25, 0.3) is 22.5 Å². The molecular formula is C29H37N5O. The van der Waals surface area contributed by atoms with E-state index >= 15 is 0 Å². The number of carbonyl (C=O) groups is 1. The predicted molar refractivity (Wildman–Crippen MR) is 141 cm³/mol. The zero-order valence-electron chi connectivity index (χ0n) is 21.0. The van der Waals surface area contributed by atoms with E-state index in [9.17, 15) is 4.79 Å². The molecule has 5 rings (SSSR count). The minimum absolute atomic E-state index is 0.180. The first-order valence-electron chi connectivity index (χ1n) is 13.2. The summed E-state index contributed by atoms with van der Waals surface area (Å²) in [7, 11) is 2.13. The normalized spacial score (nSPS) is 16.5. The van der Waals surface area contributed by atoms with Crippen molar-refractivity contribution < 1.29 is 4.79 Å². The first-order chi connectivity index (χ1) is 17.1. The fourth-order valence-electron chi connectivity index (χ4n) is 5.78. The molecular weight excluding hydrogens is 434 g/mol. The van der Waals surface area contributed by atoms with Crippen molar-refractivity contribution in [2.45, 2.75) is 77.4 Å². The van der Waals surface area contributed by atoms with Crippen LogP contribution in [0.15, 0.2) is 48.5 Å². The summed E-state index contributed by atoms with van der Waals surface area (Å²) in [6.07, 6.45) is 8.75. The number of aromatic nitrogens is 3. The molecule has 6 heteroatoms. The zero-order valence-corrected chi connectivity index (χ0v) is 21.0. The summed E-state index contributed by atoms with van der Waals surface area (Å²) in [5.41, 5.74) is 6.74. The van der Waals surface area contributed by atoms with Crippen molar-refractivity contribution in [2.75, 3.05) is 11.9 Å². The van der Waals surface area contributed by atoms with E-state index in [1.165, 1.54) is 48.9 Å². The van der Waals surface area contributed by atoms with Crippen LogP contribution in [-0.4, -0.2) is 34.0 Å². The maximum atomic E-state index is 12.6. The van der Waals surface area contributed by atoms with E-state index in [4.69, 9.17) is 0 Å². The standard InChI is InChI=1S/C29H37N5O/c1-21(22-12-4-3-5-13-22)30-27(35)18-10-11-19-34-29-24-15-7-6-14-23(24)20-33(2)26-17-9-8-16-25(26)28(29)31-32-34/h6-9,14-17,21-22H,3-5,10-13,18-20H2,1-2H3,(H,30,35). The average molecular weight is 472 g/mol. The lowest BCUT2D eigenvalue weighted by atomic mass is 9.84. The van der Waals surface area contributed by atoms with Crippen LogP contribution in [0.3, 0.4) is 0 Å². The van der Waals surface area contributed by atoms with Crippen LogP contribution in [-0.2, 0) is 17.9 Å². The number of unbranched alkanes of at least 4 members (excludes halogenated alkanes) is 1. The molecule has 184 valence electrons. The highest BCUT2D eigenvalue weighted by molar-refractivity contribution is 5.87. The van der Waals surface area contributed by atoms with Crippen LogP contribution in [0.1, 0.15) is 63.9 Å². The van der Waals surface area contributed by atoms with Gasteiger partial charge in [0.05, 0.1) is 5.69 Å². The van der Waals surface area contributed by atoms with Gasteiger partial charge in [-0.2, -0.15) is 0 Å². The van der Waals surface area contributed by atoms with Gasteiger partial charge >= 0.3 is 0 Å². The van der Waals surface area contributed by atoms with Crippen molar-refractivity contribution in [3.8, 4) is 22.5 Å². The van der Waals surface area contributed by atoms with Crippen molar-refractivity contribution in [3.63, 3.8) is 0 Å². The molecule has 2 heterocycles. The number of amides is 1. The Balaban J connectivity index is 1.28. The molecule has 2 aliphatic rings. The lowest BCUT2D eigenvalue weighted by molar-refractivity contribution is -0.122. The minimum Gasteiger partial charge on any atom is -0.370 e. The van der Waals surface area contributed by atoms with E-state index in [2.05, 4.69) is 83.0 Å². The second kappa shape index (κ2) is 10.6. The van der Waals surface area contributed by atoms with Crippen LogP contribution < -0.4 is 10.2 Å². The van der Waals surface area contributed by atoms with E-state index in [0.29, 0.717) is 12.3 Å². The van der Waals surface area contributed by atoms with E-state index in [-0.39, 0.29) is 11.9 Å². The Morgan fingerprint density at radius 1 is 1.03 bits per heavy atom. The lowest BCUT2D eigenvalue weighted by Crippen LogP contribution is -2.38. The molecule has 0 bridgehead atoms. The lowest BCUT2D eigenvalue weighted by Gasteiger charge is -2.28. The number of anilines is 1. The summed E-state index contributed by atoms with van der Waals surface area (Å²) in [5, 5.41) is 12.5. The number of nitrogens with one attached hydrogen (secondary N) is 1. The molecule has 0 saturated heterocycles. The zero-order chi connectivity index (χ0) is 24.2.